The summed E-state index contributed by atoms with van der Waals surface area (Å²) in [7, 11) is 0. The number of anilines is 2. The van der Waals surface area contributed by atoms with Crippen molar-refractivity contribution in [1.29, 1.82) is 0 Å². The molecule has 3 aromatic heterocycles. The summed E-state index contributed by atoms with van der Waals surface area (Å²) in [6, 6.07) is 13.7. The van der Waals surface area contributed by atoms with Gasteiger partial charge in [-0.2, -0.15) is 0 Å². The van der Waals surface area contributed by atoms with Crippen molar-refractivity contribution in [3.05, 3.63) is 110 Å². The van der Waals surface area contributed by atoms with Crippen LogP contribution in [0.4, 0.5) is 11.6 Å². The van der Waals surface area contributed by atoms with Crippen molar-refractivity contribution in [3.63, 3.8) is 0 Å². The second-order valence-corrected chi connectivity index (χ2v) is 10.6. The number of rotatable bonds is 8. The Morgan fingerprint density at radius 3 is 2.37 bits per heavy atom. The van der Waals surface area contributed by atoms with Crippen molar-refractivity contribution in [2.75, 3.05) is 17.6 Å². The fourth-order valence-electron chi connectivity index (χ4n) is 5.15. The van der Waals surface area contributed by atoms with Crippen LogP contribution >= 0.6 is 37.2 Å². The summed E-state index contributed by atoms with van der Waals surface area (Å²) >= 11 is 0. The van der Waals surface area contributed by atoms with Crippen LogP contribution in [-0.2, 0) is 17.8 Å². The third kappa shape index (κ3) is 7.84. The van der Waals surface area contributed by atoms with E-state index in [1.807, 2.05) is 45.2 Å². The van der Waals surface area contributed by atoms with E-state index in [1.54, 1.807) is 10.8 Å². The largest absolute Gasteiger partial charge is 0.383 e. The lowest BCUT2D eigenvalue weighted by atomic mass is 9.94. The van der Waals surface area contributed by atoms with Gasteiger partial charge in [0, 0.05) is 48.5 Å². The average molecular weight is 647 g/mol. The number of pyridine rings is 2. The Morgan fingerprint density at radius 2 is 1.70 bits per heavy atom. The minimum absolute atomic E-state index is 0. The van der Waals surface area contributed by atoms with Gasteiger partial charge in [0.15, 0.2) is 5.82 Å². The van der Waals surface area contributed by atoms with Crippen molar-refractivity contribution in [1.82, 2.24) is 24.8 Å². The molecule has 1 aliphatic rings. The maximum Gasteiger partial charge on any atom is 0.294 e. The van der Waals surface area contributed by atoms with E-state index in [2.05, 4.69) is 56.8 Å². The van der Waals surface area contributed by atoms with Gasteiger partial charge in [0.05, 0.1) is 0 Å². The van der Waals surface area contributed by atoms with E-state index in [4.69, 9.17) is 5.73 Å². The van der Waals surface area contributed by atoms with Gasteiger partial charge in [-0.15, -0.1) is 37.2 Å². The molecule has 9 nitrogen and oxygen atoms in total. The normalized spacial score (nSPS) is 13.9. The van der Waals surface area contributed by atoms with Crippen LogP contribution in [0.5, 0.6) is 0 Å². The van der Waals surface area contributed by atoms with E-state index in [1.165, 1.54) is 5.56 Å². The molecule has 0 spiro atoms. The molecule has 2 atom stereocenters. The number of carbonyl (C=O) groups is 1. The smallest absolute Gasteiger partial charge is 0.294 e. The van der Waals surface area contributed by atoms with Crippen LogP contribution in [0.1, 0.15) is 63.3 Å². The number of hydrogen-bond donors (Lipinski definition) is 3. The SMILES string of the molecule is Cc1ccc([C@H](CNc2ncc3n(c2=O)[C@H](C(=O)NCc2cc(C)c(N)nc2C)CC3)c2ccc(C)cn2)cc1.Cl.Cl.Cl. The van der Waals surface area contributed by atoms with Crippen molar-refractivity contribution in [2.24, 2.45) is 0 Å². The van der Waals surface area contributed by atoms with Crippen LogP contribution in [-0.4, -0.2) is 32.0 Å². The Kier molecular flexibility index (Phi) is 12.5. The highest BCUT2D eigenvalue weighted by Gasteiger charge is 2.31. The molecule has 4 N–H and O–H groups in total. The third-order valence-electron chi connectivity index (χ3n) is 7.61. The van der Waals surface area contributed by atoms with Crippen molar-refractivity contribution < 1.29 is 4.79 Å². The summed E-state index contributed by atoms with van der Waals surface area (Å²) in [5, 5.41) is 6.26. The van der Waals surface area contributed by atoms with Gasteiger partial charge in [-0.3, -0.25) is 19.1 Å². The quantitative estimate of drug-likeness (QED) is 0.241. The van der Waals surface area contributed by atoms with Crippen LogP contribution in [0, 0.1) is 27.7 Å². The number of carbonyl (C=O) groups excluding carboxylic acids is 1. The van der Waals surface area contributed by atoms with Crippen LogP contribution in [0.15, 0.2) is 59.7 Å². The predicted molar refractivity (Wildman–Crippen MR) is 178 cm³/mol. The number of nitrogen functional groups attached to an aromatic ring is 1. The number of aromatic nitrogens is 4. The Hall–Kier alpha value is -3.66. The van der Waals surface area contributed by atoms with Crippen LogP contribution < -0.4 is 21.9 Å². The maximum atomic E-state index is 13.6. The molecule has 0 saturated heterocycles. The number of hydrogen-bond acceptors (Lipinski definition) is 7. The third-order valence-corrected chi connectivity index (χ3v) is 7.61. The molecule has 4 heterocycles. The lowest BCUT2D eigenvalue weighted by Crippen LogP contribution is -2.36. The molecular formula is C31H38Cl3N7O2. The fraction of sp³-hybridized carbons (Fsp3) is 0.323. The molecule has 0 bridgehead atoms. The Bertz CT molecular complexity index is 1560. The van der Waals surface area contributed by atoms with Crippen LogP contribution in [0.2, 0.25) is 0 Å². The van der Waals surface area contributed by atoms with Crippen LogP contribution in [0.3, 0.4) is 0 Å². The molecule has 0 saturated carbocycles. The molecule has 1 amide bonds. The molecule has 43 heavy (non-hydrogen) atoms. The molecule has 0 unspecified atom stereocenters. The number of amides is 1. The van der Waals surface area contributed by atoms with Crippen LogP contribution in [0.25, 0.3) is 0 Å². The van der Waals surface area contributed by atoms with Crippen molar-refractivity contribution in [2.45, 2.75) is 59.0 Å². The first kappa shape index (κ1) is 35.5. The predicted octanol–water partition coefficient (Wildman–Crippen LogP) is 5.16. The number of benzene rings is 1. The Labute approximate surface area is 270 Å². The van der Waals surface area contributed by atoms with Gasteiger partial charge in [-0.1, -0.05) is 35.9 Å². The van der Waals surface area contributed by atoms with E-state index in [0.29, 0.717) is 31.7 Å². The molecular weight excluding hydrogens is 609 g/mol. The van der Waals surface area contributed by atoms with E-state index < -0.39 is 6.04 Å². The average Bonchev–Trinajstić information content (AvgIpc) is 3.38. The van der Waals surface area contributed by atoms with E-state index in [-0.39, 0.29) is 60.4 Å². The number of nitrogens with zero attached hydrogens (tertiary/aromatic N) is 4. The number of halogens is 3. The van der Waals surface area contributed by atoms with Crippen molar-refractivity contribution >= 4 is 54.8 Å². The van der Waals surface area contributed by atoms with Gasteiger partial charge < -0.3 is 16.4 Å². The first-order valence-electron chi connectivity index (χ1n) is 13.5. The second-order valence-electron chi connectivity index (χ2n) is 10.6. The molecule has 12 heteroatoms. The number of aryl methyl sites for hydroxylation is 5. The first-order chi connectivity index (χ1) is 19.2. The first-order valence-corrected chi connectivity index (χ1v) is 13.5. The summed E-state index contributed by atoms with van der Waals surface area (Å²) in [6.07, 6.45) is 4.70. The molecule has 0 radical (unpaired) electrons. The number of fused-ring (bicyclic) bond motifs is 1. The standard InChI is InChI=1S/C31H35N7O2.3ClH/c1-18-5-8-22(9-6-18)25(26-11-7-19(2)14-33-26)17-35-29-31(40)38-24(16-34-29)10-12-27(38)30(39)36-15-23-13-20(3)28(32)37-21(23)4;;;/h5-9,11,13-14,16,25,27H,10,12,15,17H2,1-4H3,(H2,32,37)(H,34,35)(H,36,39);3*1H/t25-,27-;;;/m0.../s1. The summed E-state index contributed by atoms with van der Waals surface area (Å²) in [6.45, 7) is 8.56. The summed E-state index contributed by atoms with van der Waals surface area (Å²) in [5.74, 6) is 0.425. The zero-order chi connectivity index (χ0) is 28.4. The Balaban J connectivity index is 0.00000215. The van der Waals surface area contributed by atoms with E-state index >= 15 is 0 Å². The molecule has 0 fully saturated rings. The zero-order valence-electron chi connectivity index (χ0n) is 24.6. The van der Waals surface area contributed by atoms with E-state index in [9.17, 15) is 9.59 Å². The van der Waals surface area contributed by atoms with Crippen molar-refractivity contribution in [3.8, 4) is 0 Å². The topological polar surface area (TPSA) is 128 Å². The fourth-order valence-corrected chi connectivity index (χ4v) is 5.15. The summed E-state index contributed by atoms with van der Waals surface area (Å²) in [4.78, 5) is 40.3. The molecule has 0 aliphatic carbocycles. The van der Waals surface area contributed by atoms with E-state index in [0.717, 1.165) is 39.3 Å². The lowest BCUT2D eigenvalue weighted by Gasteiger charge is -2.20. The summed E-state index contributed by atoms with van der Waals surface area (Å²) < 4.78 is 1.58. The molecule has 1 aliphatic heterocycles. The lowest BCUT2D eigenvalue weighted by molar-refractivity contribution is -0.124. The molecule has 5 rings (SSSR count). The van der Waals surface area contributed by atoms with Gasteiger partial charge in [-0.25, -0.2) is 9.97 Å². The zero-order valence-corrected chi connectivity index (χ0v) is 27.0. The highest BCUT2D eigenvalue weighted by Crippen LogP contribution is 2.26. The van der Waals surface area contributed by atoms with Gasteiger partial charge in [0.25, 0.3) is 5.56 Å². The molecule has 4 aromatic rings. The molecule has 1 aromatic carbocycles. The van der Waals surface area contributed by atoms with Gasteiger partial charge >= 0.3 is 0 Å². The van der Waals surface area contributed by atoms with Gasteiger partial charge in [-0.05, 0) is 74.9 Å². The minimum Gasteiger partial charge on any atom is -0.383 e. The second kappa shape index (κ2) is 15.2. The Morgan fingerprint density at radius 1 is 1.00 bits per heavy atom. The molecule has 230 valence electrons. The van der Waals surface area contributed by atoms with Gasteiger partial charge in [0.1, 0.15) is 11.9 Å². The highest BCUT2D eigenvalue weighted by molar-refractivity contribution is 5.86. The highest BCUT2D eigenvalue weighted by atomic mass is 35.5. The van der Waals surface area contributed by atoms with Gasteiger partial charge in [0.2, 0.25) is 5.91 Å². The number of nitrogens with one attached hydrogen (secondary N) is 2. The monoisotopic (exact) mass is 645 g/mol. The minimum atomic E-state index is -0.596. The summed E-state index contributed by atoms with van der Waals surface area (Å²) in [5.41, 5.74) is 13.2. The maximum absolute atomic E-state index is 13.6. The number of nitrogens with two attached hydrogens (primary N) is 1.